The summed E-state index contributed by atoms with van der Waals surface area (Å²) in [4.78, 5) is 4.02. The number of hydrogen-bond donors (Lipinski definition) is 2. The van der Waals surface area contributed by atoms with E-state index in [9.17, 15) is 17.2 Å². The van der Waals surface area contributed by atoms with Crippen molar-refractivity contribution in [1.29, 1.82) is 0 Å². The van der Waals surface area contributed by atoms with E-state index in [0.29, 0.717) is 6.54 Å². The molecule has 2 N–H and O–H groups in total. The summed E-state index contributed by atoms with van der Waals surface area (Å²) in [5.74, 6) is -1.37. The molecule has 7 nitrogen and oxygen atoms in total. The molecule has 2 aromatic rings. The lowest BCUT2D eigenvalue weighted by Gasteiger charge is -2.28. The van der Waals surface area contributed by atoms with Gasteiger partial charge >= 0.3 is 6.01 Å². The van der Waals surface area contributed by atoms with Gasteiger partial charge in [-0.05, 0) is 43.7 Å². The van der Waals surface area contributed by atoms with Crippen LogP contribution in [0, 0.1) is 17.6 Å². The van der Waals surface area contributed by atoms with Gasteiger partial charge in [0.1, 0.15) is 11.6 Å². The molecule has 0 bridgehead atoms. The molecular weight excluding hydrogens is 366 g/mol. The molecule has 1 aromatic heterocycles. The molecule has 1 fully saturated rings. The quantitative estimate of drug-likeness (QED) is 0.792. The standard InChI is InChI=1S/C16H20F2N4O3S/c1-26(23,24)19-9-10-5-7-11(8-6-10)20-16-21-15(22-25-16)14-12(17)3-2-4-13(14)18/h2-4,10-11,19H,5-9H2,1H3,(H,20,21,22). The minimum Gasteiger partial charge on any atom is -0.335 e. The zero-order valence-corrected chi connectivity index (χ0v) is 15.0. The Kier molecular flexibility index (Phi) is 5.52. The first-order valence-corrected chi connectivity index (χ1v) is 10.2. The fourth-order valence-corrected chi connectivity index (χ4v) is 3.59. The Labute approximate surface area is 150 Å². The van der Waals surface area contributed by atoms with E-state index in [1.807, 2.05) is 0 Å². The van der Waals surface area contributed by atoms with Gasteiger partial charge in [0, 0.05) is 12.6 Å². The van der Waals surface area contributed by atoms with E-state index in [0.717, 1.165) is 44.1 Å². The van der Waals surface area contributed by atoms with Crippen molar-refractivity contribution in [1.82, 2.24) is 14.9 Å². The van der Waals surface area contributed by atoms with Gasteiger partial charge in [0.05, 0.1) is 11.8 Å². The number of nitrogens with zero attached hydrogens (tertiary/aromatic N) is 2. The van der Waals surface area contributed by atoms with Gasteiger partial charge in [-0.25, -0.2) is 21.9 Å². The van der Waals surface area contributed by atoms with Crippen LogP contribution < -0.4 is 10.0 Å². The molecule has 142 valence electrons. The van der Waals surface area contributed by atoms with Crippen LogP contribution in [0.3, 0.4) is 0 Å². The number of nitrogens with one attached hydrogen (secondary N) is 2. The van der Waals surface area contributed by atoms with Crippen molar-refractivity contribution < 1.29 is 21.7 Å². The van der Waals surface area contributed by atoms with Crippen molar-refractivity contribution in [2.75, 3.05) is 18.1 Å². The number of halogens is 2. The monoisotopic (exact) mass is 386 g/mol. The summed E-state index contributed by atoms with van der Waals surface area (Å²) >= 11 is 0. The molecule has 0 saturated heterocycles. The van der Waals surface area contributed by atoms with Crippen molar-refractivity contribution in [3.8, 4) is 11.4 Å². The van der Waals surface area contributed by atoms with Gasteiger partial charge in [-0.1, -0.05) is 11.2 Å². The number of aromatic nitrogens is 2. The summed E-state index contributed by atoms with van der Waals surface area (Å²) in [5.41, 5.74) is -0.320. The topological polar surface area (TPSA) is 97.1 Å². The summed E-state index contributed by atoms with van der Waals surface area (Å²) < 4.78 is 57.4. The van der Waals surface area contributed by atoms with E-state index in [1.165, 1.54) is 6.07 Å². The minimum atomic E-state index is -3.18. The van der Waals surface area contributed by atoms with Crippen molar-refractivity contribution in [3.05, 3.63) is 29.8 Å². The number of benzene rings is 1. The molecule has 0 atom stereocenters. The Balaban J connectivity index is 1.56. The highest BCUT2D eigenvalue weighted by atomic mass is 32.2. The van der Waals surface area contributed by atoms with Crippen LogP contribution >= 0.6 is 0 Å². The Morgan fingerprint density at radius 2 is 1.85 bits per heavy atom. The maximum Gasteiger partial charge on any atom is 0.322 e. The lowest BCUT2D eigenvalue weighted by Crippen LogP contribution is -2.33. The lowest BCUT2D eigenvalue weighted by molar-refractivity contribution is 0.330. The molecule has 1 heterocycles. The average Bonchev–Trinajstić information content (AvgIpc) is 3.01. The van der Waals surface area contributed by atoms with Crippen LogP contribution in [0.4, 0.5) is 14.8 Å². The third kappa shape index (κ3) is 4.76. The number of sulfonamides is 1. The van der Waals surface area contributed by atoms with E-state index in [-0.39, 0.29) is 29.4 Å². The van der Waals surface area contributed by atoms with Crippen molar-refractivity contribution in [2.45, 2.75) is 31.7 Å². The van der Waals surface area contributed by atoms with Gasteiger partial charge in [-0.2, -0.15) is 4.98 Å². The molecule has 1 aliphatic rings. The molecular formula is C16H20F2N4O3S. The van der Waals surface area contributed by atoms with Gasteiger partial charge in [0.25, 0.3) is 0 Å². The fourth-order valence-electron chi connectivity index (χ4n) is 3.05. The highest BCUT2D eigenvalue weighted by Crippen LogP contribution is 2.28. The Morgan fingerprint density at radius 1 is 1.19 bits per heavy atom. The molecule has 3 rings (SSSR count). The van der Waals surface area contributed by atoms with Crippen LogP contribution in [0.2, 0.25) is 0 Å². The Hall–Kier alpha value is -2.07. The minimum absolute atomic E-state index is 0.0863. The maximum absolute atomic E-state index is 13.8. The van der Waals surface area contributed by atoms with Crippen LogP contribution in [0.25, 0.3) is 11.4 Å². The van der Waals surface area contributed by atoms with Gasteiger partial charge in [0.2, 0.25) is 15.8 Å². The molecule has 26 heavy (non-hydrogen) atoms. The second-order valence-electron chi connectivity index (χ2n) is 6.50. The van der Waals surface area contributed by atoms with E-state index >= 15 is 0 Å². The summed E-state index contributed by atoms with van der Waals surface area (Å²) in [6.45, 7) is 0.433. The van der Waals surface area contributed by atoms with E-state index in [1.54, 1.807) is 0 Å². The predicted octanol–water partition coefficient (Wildman–Crippen LogP) is 2.53. The molecule has 0 spiro atoms. The first-order valence-electron chi connectivity index (χ1n) is 8.31. The van der Waals surface area contributed by atoms with Crippen molar-refractivity contribution in [3.63, 3.8) is 0 Å². The Morgan fingerprint density at radius 3 is 2.46 bits per heavy atom. The second-order valence-corrected chi connectivity index (χ2v) is 8.34. The Bertz CT molecular complexity index is 844. The molecule has 1 saturated carbocycles. The summed E-state index contributed by atoms with van der Waals surface area (Å²) in [6.07, 6.45) is 4.46. The predicted molar refractivity (Wildman–Crippen MR) is 91.9 cm³/mol. The lowest BCUT2D eigenvalue weighted by atomic mass is 9.86. The van der Waals surface area contributed by atoms with E-state index in [4.69, 9.17) is 4.52 Å². The average molecular weight is 386 g/mol. The van der Waals surface area contributed by atoms with Gasteiger partial charge in [-0.15, -0.1) is 0 Å². The zero-order chi connectivity index (χ0) is 18.7. The van der Waals surface area contributed by atoms with Crippen molar-refractivity contribution in [2.24, 2.45) is 5.92 Å². The highest BCUT2D eigenvalue weighted by Gasteiger charge is 2.24. The molecule has 10 heteroatoms. The summed E-state index contributed by atoms with van der Waals surface area (Å²) in [7, 11) is -3.18. The summed E-state index contributed by atoms with van der Waals surface area (Å²) in [6, 6.07) is 3.73. The fraction of sp³-hybridized carbons (Fsp3) is 0.500. The molecule has 0 unspecified atom stereocenters. The molecule has 1 aromatic carbocycles. The van der Waals surface area contributed by atoms with Gasteiger partial charge in [-0.3, -0.25) is 0 Å². The molecule has 1 aliphatic carbocycles. The van der Waals surface area contributed by atoms with Crippen LogP contribution in [-0.4, -0.2) is 37.4 Å². The van der Waals surface area contributed by atoms with E-state index in [2.05, 4.69) is 20.2 Å². The van der Waals surface area contributed by atoms with Crippen LogP contribution in [0.1, 0.15) is 25.7 Å². The molecule has 0 radical (unpaired) electrons. The highest BCUT2D eigenvalue weighted by molar-refractivity contribution is 7.88. The normalized spacial score (nSPS) is 20.9. The number of anilines is 1. The second kappa shape index (κ2) is 7.67. The molecule has 0 amide bonds. The summed E-state index contributed by atoms with van der Waals surface area (Å²) in [5, 5.41) is 6.72. The maximum atomic E-state index is 13.8. The number of rotatable bonds is 6. The smallest absolute Gasteiger partial charge is 0.322 e. The first-order chi connectivity index (χ1) is 12.3. The van der Waals surface area contributed by atoms with Crippen molar-refractivity contribution >= 4 is 16.0 Å². The van der Waals surface area contributed by atoms with Crippen LogP contribution in [-0.2, 0) is 10.0 Å². The van der Waals surface area contributed by atoms with E-state index < -0.39 is 21.7 Å². The van der Waals surface area contributed by atoms with Crippen LogP contribution in [0.15, 0.2) is 22.7 Å². The van der Waals surface area contributed by atoms with Gasteiger partial charge in [0.15, 0.2) is 0 Å². The third-order valence-electron chi connectivity index (χ3n) is 4.42. The van der Waals surface area contributed by atoms with Crippen LogP contribution in [0.5, 0.6) is 0 Å². The molecule has 0 aliphatic heterocycles. The number of hydrogen-bond acceptors (Lipinski definition) is 6. The van der Waals surface area contributed by atoms with Gasteiger partial charge < -0.3 is 9.84 Å². The zero-order valence-electron chi connectivity index (χ0n) is 14.2. The first kappa shape index (κ1) is 18.7. The SMILES string of the molecule is CS(=O)(=O)NCC1CCC(Nc2nc(-c3c(F)cccc3F)no2)CC1. The largest absolute Gasteiger partial charge is 0.335 e. The third-order valence-corrected chi connectivity index (χ3v) is 5.11.